The molecule has 0 aliphatic carbocycles. The normalized spacial score (nSPS) is 12.3. The molecule has 0 aliphatic rings. The van der Waals surface area contributed by atoms with Gasteiger partial charge in [-0.15, -0.1) is 0 Å². The van der Waals surface area contributed by atoms with Crippen molar-refractivity contribution in [2.24, 2.45) is 5.73 Å². The zero-order chi connectivity index (χ0) is 11.3. The van der Waals surface area contributed by atoms with Gasteiger partial charge in [0.05, 0.1) is 0 Å². The summed E-state index contributed by atoms with van der Waals surface area (Å²) >= 11 is 0. The predicted octanol–water partition coefficient (Wildman–Crippen LogP) is 2.15. The van der Waals surface area contributed by atoms with Crippen LogP contribution in [0.15, 0.2) is 24.3 Å². The summed E-state index contributed by atoms with van der Waals surface area (Å²) in [5.74, 6) is 0.141. The minimum absolute atomic E-state index is 0.174. The third-order valence-electron chi connectivity index (χ3n) is 2.45. The number of primary amides is 1. The molecule has 3 heteroatoms. The minimum atomic E-state index is -0.276. The summed E-state index contributed by atoms with van der Waals surface area (Å²) in [6, 6.07) is 6.97. The SMILES string of the molecule is CCCC(CC(N)=O)c1ccc(O)cc1. The average Bonchev–Trinajstić information content (AvgIpc) is 2.17. The van der Waals surface area contributed by atoms with Crippen LogP contribution >= 0.6 is 0 Å². The number of nitrogens with two attached hydrogens (primary N) is 1. The van der Waals surface area contributed by atoms with Crippen LogP contribution in [0.4, 0.5) is 0 Å². The van der Waals surface area contributed by atoms with Crippen molar-refractivity contribution in [3.63, 3.8) is 0 Å². The van der Waals surface area contributed by atoms with Crippen molar-refractivity contribution in [1.82, 2.24) is 0 Å². The molecule has 0 aliphatic heterocycles. The number of aromatic hydroxyl groups is 1. The molecule has 1 aromatic carbocycles. The van der Waals surface area contributed by atoms with Crippen molar-refractivity contribution in [3.05, 3.63) is 29.8 Å². The molecule has 0 aromatic heterocycles. The summed E-state index contributed by atoms with van der Waals surface area (Å²) in [6.07, 6.45) is 2.32. The average molecular weight is 207 g/mol. The summed E-state index contributed by atoms with van der Waals surface area (Å²) < 4.78 is 0. The lowest BCUT2D eigenvalue weighted by Crippen LogP contribution is -2.15. The second-order valence-electron chi connectivity index (χ2n) is 3.75. The Morgan fingerprint density at radius 1 is 1.40 bits per heavy atom. The maximum atomic E-state index is 10.9. The van der Waals surface area contributed by atoms with Crippen LogP contribution in [0.5, 0.6) is 5.75 Å². The highest BCUT2D eigenvalue weighted by Crippen LogP contribution is 2.25. The number of phenols is 1. The van der Waals surface area contributed by atoms with Crippen molar-refractivity contribution in [3.8, 4) is 5.75 Å². The maximum Gasteiger partial charge on any atom is 0.218 e. The van der Waals surface area contributed by atoms with Gasteiger partial charge >= 0.3 is 0 Å². The second-order valence-corrected chi connectivity index (χ2v) is 3.75. The largest absolute Gasteiger partial charge is 0.508 e. The Hall–Kier alpha value is -1.51. The first-order chi connectivity index (χ1) is 7.13. The molecule has 0 radical (unpaired) electrons. The van der Waals surface area contributed by atoms with Crippen molar-refractivity contribution in [1.29, 1.82) is 0 Å². The molecule has 0 saturated carbocycles. The van der Waals surface area contributed by atoms with Crippen molar-refractivity contribution in [2.75, 3.05) is 0 Å². The number of carbonyl (C=O) groups is 1. The fraction of sp³-hybridized carbons (Fsp3) is 0.417. The lowest BCUT2D eigenvalue weighted by Gasteiger charge is -2.14. The van der Waals surface area contributed by atoms with Crippen molar-refractivity contribution < 1.29 is 9.90 Å². The molecule has 1 unspecified atom stereocenters. The Balaban J connectivity index is 2.78. The van der Waals surface area contributed by atoms with Gasteiger partial charge in [-0.25, -0.2) is 0 Å². The van der Waals surface area contributed by atoms with Gasteiger partial charge < -0.3 is 10.8 Å². The Morgan fingerprint density at radius 2 is 2.00 bits per heavy atom. The van der Waals surface area contributed by atoms with Gasteiger partial charge in [0.15, 0.2) is 0 Å². The topological polar surface area (TPSA) is 63.3 Å². The quantitative estimate of drug-likeness (QED) is 0.777. The number of carbonyl (C=O) groups excluding carboxylic acids is 1. The van der Waals surface area contributed by atoms with E-state index in [1.807, 2.05) is 12.1 Å². The van der Waals surface area contributed by atoms with E-state index in [-0.39, 0.29) is 17.6 Å². The summed E-state index contributed by atoms with van der Waals surface area (Å²) in [4.78, 5) is 10.9. The first kappa shape index (κ1) is 11.6. The van der Waals surface area contributed by atoms with E-state index in [2.05, 4.69) is 6.92 Å². The molecule has 82 valence electrons. The van der Waals surface area contributed by atoms with Crippen molar-refractivity contribution in [2.45, 2.75) is 32.1 Å². The lowest BCUT2D eigenvalue weighted by molar-refractivity contribution is -0.118. The fourth-order valence-electron chi connectivity index (χ4n) is 1.72. The number of hydrogen-bond acceptors (Lipinski definition) is 2. The molecule has 3 N–H and O–H groups in total. The van der Waals surface area contributed by atoms with Gasteiger partial charge in [-0.05, 0) is 30.0 Å². The van der Waals surface area contributed by atoms with Crippen LogP contribution in [-0.2, 0) is 4.79 Å². The monoisotopic (exact) mass is 207 g/mol. The van der Waals surface area contributed by atoms with Crippen LogP contribution in [0.1, 0.15) is 37.7 Å². The lowest BCUT2D eigenvalue weighted by atomic mass is 9.91. The van der Waals surface area contributed by atoms with Crippen LogP contribution in [0, 0.1) is 0 Å². The molecule has 0 saturated heterocycles. The molecule has 1 atom stereocenters. The van der Waals surface area contributed by atoms with Gasteiger partial charge in [0.1, 0.15) is 5.75 Å². The molecule has 0 bridgehead atoms. The van der Waals surface area contributed by atoms with Gasteiger partial charge in [-0.1, -0.05) is 25.5 Å². The van der Waals surface area contributed by atoms with Gasteiger partial charge in [-0.3, -0.25) is 4.79 Å². The predicted molar refractivity (Wildman–Crippen MR) is 59.6 cm³/mol. The molecule has 15 heavy (non-hydrogen) atoms. The van der Waals surface area contributed by atoms with E-state index >= 15 is 0 Å². The molecular formula is C12H17NO2. The summed E-state index contributed by atoms with van der Waals surface area (Å²) in [5, 5.41) is 9.16. The van der Waals surface area contributed by atoms with Crippen LogP contribution in [-0.4, -0.2) is 11.0 Å². The number of hydrogen-bond donors (Lipinski definition) is 2. The molecule has 0 spiro atoms. The molecule has 1 aromatic rings. The third-order valence-corrected chi connectivity index (χ3v) is 2.45. The highest BCUT2D eigenvalue weighted by molar-refractivity contribution is 5.74. The highest BCUT2D eigenvalue weighted by atomic mass is 16.3. The van der Waals surface area contributed by atoms with E-state index in [9.17, 15) is 4.79 Å². The number of rotatable bonds is 5. The Bertz CT molecular complexity index is 319. The Morgan fingerprint density at radius 3 is 2.47 bits per heavy atom. The van der Waals surface area contributed by atoms with E-state index in [1.54, 1.807) is 12.1 Å². The smallest absolute Gasteiger partial charge is 0.218 e. The number of phenolic OH excluding ortho intramolecular Hbond substituents is 1. The van der Waals surface area contributed by atoms with E-state index in [0.29, 0.717) is 6.42 Å². The summed E-state index contributed by atoms with van der Waals surface area (Å²) in [5.41, 5.74) is 6.27. The van der Waals surface area contributed by atoms with E-state index in [4.69, 9.17) is 10.8 Å². The third kappa shape index (κ3) is 3.62. The van der Waals surface area contributed by atoms with Crippen LogP contribution < -0.4 is 5.73 Å². The first-order valence-corrected chi connectivity index (χ1v) is 5.20. The van der Waals surface area contributed by atoms with Gasteiger partial charge in [0, 0.05) is 6.42 Å². The molecule has 0 fully saturated rings. The van der Waals surface area contributed by atoms with Crippen LogP contribution in [0.2, 0.25) is 0 Å². The second kappa shape index (κ2) is 5.39. The summed E-state index contributed by atoms with van der Waals surface area (Å²) in [6.45, 7) is 2.08. The fourth-order valence-corrected chi connectivity index (χ4v) is 1.72. The zero-order valence-electron chi connectivity index (χ0n) is 8.94. The molecule has 1 amide bonds. The summed E-state index contributed by atoms with van der Waals surface area (Å²) in [7, 11) is 0. The highest BCUT2D eigenvalue weighted by Gasteiger charge is 2.13. The number of benzene rings is 1. The standard InChI is InChI=1S/C12H17NO2/c1-2-3-10(8-12(13)15)9-4-6-11(14)7-5-9/h4-7,10,14H,2-3,8H2,1H3,(H2,13,15). The molecule has 1 rings (SSSR count). The minimum Gasteiger partial charge on any atom is -0.508 e. The molecule has 0 heterocycles. The van der Waals surface area contributed by atoms with Crippen LogP contribution in [0.25, 0.3) is 0 Å². The maximum absolute atomic E-state index is 10.9. The first-order valence-electron chi connectivity index (χ1n) is 5.20. The zero-order valence-corrected chi connectivity index (χ0v) is 8.94. The van der Waals surface area contributed by atoms with Gasteiger partial charge in [0.25, 0.3) is 0 Å². The van der Waals surface area contributed by atoms with Crippen LogP contribution in [0.3, 0.4) is 0 Å². The molecule has 3 nitrogen and oxygen atoms in total. The van der Waals surface area contributed by atoms with E-state index in [0.717, 1.165) is 18.4 Å². The van der Waals surface area contributed by atoms with E-state index < -0.39 is 0 Å². The Kier molecular flexibility index (Phi) is 4.16. The Labute approximate surface area is 89.9 Å². The number of amides is 1. The molecular weight excluding hydrogens is 190 g/mol. The van der Waals surface area contributed by atoms with Crippen molar-refractivity contribution >= 4 is 5.91 Å². The van der Waals surface area contributed by atoms with Gasteiger partial charge in [-0.2, -0.15) is 0 Å². The van der Waals surface area contributed by atoms with E-state index in [1.165, 1.54) is 0 Å². The van der Waals surface area contributed by atoms with Gasteiger partial charge in [0.2, 0.25) is 5.91 Å².